The Hall–Kier alpha value is -2.84. The van der Waals surface area contributed by atoms with Crippen LogP contribution in [0.1, 0.15) is 11.4 Å². The molecular weight excluding hydrogens is 264 g/mol. The third kappa shape index (κ3) is 2.94. The fourth-order valence-electron chi connectivity index (χ4n) is 1.63. The van der Waals surface area contributed by atoms with Crippen molar-refractivity contribution in [2.45, 2.75) is 13.3 Å². The van der Waals surface area contributed by atoms with E-state index in [-0.39, 0.29) is 17.8 Å². The number of carbonyl (C=O) groups excluding carboxylic acids is 1. The van der Waals surface area contributed by atoms with Crippen LogP contribution in [0.4, 0.5) is 11.4 Å². The first-order chi connectivity index (χ1) is 9.47. The summed E-state index contributed by atoms with van der Waals surface area (Å²) in [5.74, 6) is -0.0490. The van der Waals surface area contributed by atoms with Crippen molar-refractivity contribution in [1.29, 1.82) is 0 Å². The lowest BCUT2D eigenvalue weighted by atomic mass is 10.2. The van der Waals surface area contributed by atoms with Crippen LogP contribution in [0, 0.1) is 17.0 Å². The molecule has 1 N–H and O–H groups in total. The smallest absolute Gasteiger partial charge is 0.293 e. The second-order valence-electron chi connectivity index (χ2n) is 4.22. The molecule has 1 aromatic carbocycles. The van der Waals surface area contributed by atoms with Gasteiger partial charge in [0.15, 0.2) is 5.82 Å². The molecule has 104 valence electrons. The average molecular weight is 276 g/mol. The molecule has 1 amide bonds. The molecule has 0 radical (unpaired) electrons. The second kappa shape index (κ2) is 5.43. The summed E-state index contributed by atoms with van der Waals surface area (Å²) >= 11 is 0. The third-order valence-electron chi connectivity index (χ3n) is 2.65. The molecule has 0 spiro atoms. The number of aryl methyl sites for hydroxylation is 2. The van der Waals surface area contributed by atoms with E-state index in [4.69, 9.17) is 0 Å². The van der Waals surface area contributed by atoms with Gasteiger partial charge in [0.1, 0.15) is 5.69 Å². The van der Waals surface area contributed by atoms with E-state index in [2.05, 4.69) is 20.8 Å². The van der Waals surface area contributed by atoms with Crippen molar-refractivity contribution in [3.63, 3.8) is 0 Å². The van der Waals surface area contributed by atoms with Crippen LogP contribution in [-0.4, -0.2) is 31.0 Å². The molecule has 0 aliphatic heterocycles. The van der Waals surface area contributed by atoms with Gasteiger partial charge in [0.05, 0.1) is 11.3 Å². The minimum Gasteiger partial charge on any atom is -0.320 e. The number of anilines is 1. The number of hydrogen-bond acceptors (Lipinski definition) is 6. The van der Waals surface area contributed by atoms with Gasteiger partial charge in [-0.25, -0.2) is 4.68 Å². The molecule has 0 aliphatic carbocycles. The zero-order valence-electron chi connectivity index (χ0n) is 10.9. The molecule has 0 fully saturated rings. The molecule has 2 aromatic rings. The quantitative estimate of drug-likeness (QED) is 0.646. The number of amides is 1. The van der Waals surface area contributed by atoms with Gasteiger partial charge in [0, 0.05) is 13.1 Å². The van der Waals surface area contributed by atoms with Crippen molar-refractivity contribution in [2.24, 2.45) is 7.05 Å². The van der Waals surface area contributed by atoms with Crippen LogP contribution in [0.2, 0.25) is 0 Å². The van der Waals surface area contributed by atoms with E-state index in [1.165, 1.54) is 16.8 Å². The summed E-state index contributed by atoms with van der Waals surface area (Å²) in [6, 6.07) is 4.59. The summed E-state index contributed by atoms with van der Waals surface area (Å²) in [5.41, 5.74) is 0.752. The van der Waals surface area contributed by atoms with Crippen molar-refractivity contribution in [3.05, 3.63) is 39.7 Å². The normalized spacial score (nSPS) is 10.3. The standard InChI is InChI=1S/C11H12N6O3/c1-7-3-4-8(9(5-7)17(19)20)12-11(18)6-10-13-14-15-16(10)2/h3-5H,6H2,1-2H3,(H,12,18). The van der Waals surface area contributed by atoms with Gasteiger partial charge in [-0.2, -0.15) is 0 Å². The molecule has 0 saturated heterocycles. The Labute approximate surface area is 113 Å². The number of nitro groups is 1. The maximum absolute atomic E-state index is 11.8. The fraction of sp³-hybridized carbons (Fsp3) is 0.273. The van der Waals surface area contributed by atoms with Gasteiger partial charge in [-0.1, -0.05) is 6.07 Å². The van der Waals surface area contributed by atoms with Crippen molar-refractivity contribution in [1.82, 2.24) is 20.2 Å². The first-order valence-corrected chi connectivity index (χ1v) is 5.73. The number of benzene rings is 1. The zero-order valence-corrected chi connectivity index (χ0v) is 10.9. The maximum Gasteiger partial charge on any atom is 0.293 e. The average Bonchev–Trinajstić information content (AvgIpc) is 2.77. The van der Waals surface area contributed by atoms with Crippen LogP contribution in [0.5, 0.6) is 0 Å². The van der Waals surface area contributed by atoms with Gasteiger partial charge in [0.25, 0.3) is 5.69 Å². The van der Waals surface area contributed by atoms with E-state index >= 15 is 0 Å². The van der Waals surface area contributed by atoms with Crippen molar-refractivity contribution >= 4 is 17.3 Å². The highest BCUT2D eigenvalue weighted by Gasteiger charge is 2.17. The second-order valence-corrected chi connectivity index (χ2v) is 4.22. The van der Waals surface area contributed by atoms with Gasteiger partial charge < -0.3 is 5.32 Å². The molecule has 20 heavy (non-hydrogen) atoms. The van der Waals surface area contributed by atoms with Crippen molar-refractivity contribution in [3.8, 4) is 0 Å². The number of nitrogens with one attached hydrogen (secondary N) is 1. The van der Waals surface area contributed by atoms with Gasteiger partial charge in [-0.05, 0) is 29.0 Å². The topological polar surface area (TPSA) is 116 Å². The summed E-state index contributed by atoms with van der Waals surface area (Å²) < 4.78 is 1.36. The molecule has 2 rings (SSSR count). The molecule has 0 unspecified atom stereocenters. The largest absolute Gasteiger partial charge is 0.320 e. The van der Waals surface area contributed by atoms with Crippen LogP contribution < -0.4 is 5.32 Å². The molecular formula is C11H12N6O3. The highest BCUT2D eigenvalue weighted by Crippen LogP contribution is 2.25. The lowest BCUT2D eigenvalue weighted by Crippen LogP contribution is -2.17. The number of carbonyl (C=O) groups is 1. The Balaban J connectivity index is 2.16. The number of rotatable bonds is 4. The SMILES string of the molecule is Cc1ccc(NC(=O)Cc2nnnn2C)c([N+](=O)[O-])c1. The van der Waals surface area contributed by atoms with Gasteiger partial charge in [-0.15, -0.1) is 5.10 Å². The predicted molar refractivity (Wildman–Crippen MR) is 69.0 cm³/mol. The Morgan fingerprint density at radius 3 is 2.85 bits per heavy atom. The molecule has 0 atom stereocenters. The third-order valence-corrected chi connectivity index (χ3v) is 2.65. The highest BCUT2D eigenvalue weighted by atomic mass is 16.6. The zero-order chi connectivity index (χ0) is 14.7. The Bertz CT molecular complexity index is 666. The van der Waals surface area contributed by atoms with Gasteiger partial charge in [-0.3, -0.25) is 14.9 Å². The highest BCUT2D eigenvalue weighted by molar-refractivity contribution is 5.94. The summed E-state index contributed by atoms with van der Waals surface area (Å²) in [4.78, 5) is 22.3. The first kappa shape index (κ1) is 13.6. The van der Waals surface area contributed by atoms with Crippen LogP contribution in [-0.2, 0) is 18.3 Å². The van der Waals surface area contributed by atoms with E-state index in [0.29, 0.717) is 5.82 Å². The van der Waals surface area contributed by atoms with E-state index in [9.17, 15) is 14.9 Å². The van der Waals surface area contributed by atoms with E-state index in [0.717, 1.165) is 5.56 Å². The number of nitro benzene ring substituents is 1. The summed E-state index contributed by atoms with van der Waals surface area (Å²) in [6.07, 6.45) is -0.0610. The molecule has 1 heterocycles. The minimum absolute atomic E-state index is 0.0610. The fourth-order valence-corrected chi connectivity index (χ4v) is 1.63. The van der Waals surface area contributed by atoms with Crippen LogP contribution in [0.3, 0.4) is 0 Å². The molecule has 9 heteroatoms. The van der Waals surface area contributed by atoms with Crippen LogP contribution >= 0.6 is 0 Å². The molecule has 0 bridgehead atoms. The van der Waals surface area contributed by atoms with Crippen molar-refractivity contribution in [2.75, 3.05) is 5.32 Å². The summed E-state index contributed by atoms with van der Waals surface area (Å²) in [5, 5.41) is 24.1. The first-order valence-electron chi connectivity index (χ1n) is 5.73. The summed E-state index contributed by atoms with van der Waals surface area (Å²) in [6.45, 7) is 1.74. The Morgan fingerprint density at radius 1 is 1.50 bits per heavy atom. The van der Waals surface area contributed by atoms with E-state index < -0.39 is 10.8 Å². The summed E-state index contributed by atoms with van der Waals surface area (Å²) in [7, 11) is 1.61. The van der Waals surface area contributed by atoms with Crippen LogP contribution in [0.25, 0.3) is 0 Å². The maximum atomic E-state index is 11.8. The number of tetrazole rings is 1. The molecule has 0 aliphatic rings. The lowest BCUT2D eigenvalue weighted by Gasteiger charge is -2.06. The van der Waals surface area contributed by atoms with E-state index in [1.54, 1.807) is 20.0 Å². The molecule has 1 aromatic heterocycles. The van der Waals surface area contributed by atoms with Crippen molar-refractivity contribution < 1.29 is 9.72 Å². The van der Waals surface area contributed by atoms with Gasteiger partial charge in [0.2, 0.25) is 5.91 Å². The number of nitrogens with zero attached hydrogens (tertiary/aromatic N) is 5. The van der Waals surface area contributed by atoms with E-state index in [1.807, 2.05) is 0 Å². The lowest BCUT2D eigenvalue weighted by molar-refractivity contribution is -0.384. The Kier molecular flexibility index (Phi) is 3.69. The number of hydrogen-bond donors (Lipinski definition) is 1. The predicted octanol–water partition coefficient (Wildman–Crippen LogP) is 0.608. The van der Waals surface area contributed by atoms with Crippen LogP contribution in [0.15, 0.2) is 18.2 Å². The molecule has 0 saturated carbocycles. The molecule has 9 nitrogen and oxygen atoms in total. The Morgan fingerprint density at radius 2 is 2.25 bits per heavy atom. The minimum atomic E-state index is -0.535. The monoisotopic (exact) mass is 276 g/mol. The van der Waals surface area contributed by atoms with Gasteiger partial charge >= 0.3 is 0 Å². The number of aromatic nitrogens is 4.